The molecular weight excluding hydrogens is 487 g/mol. The zero-order chi connectivity index (χ0) is 26.4. The molecule has 0 spiro atoms. The SMILES string of the molecule is O=C(O)CCNC(=O)c1ccc([C@@H](Nc2ccc(-n3cc(C(F)(F)F)cn3)nc2)C2CCCCC2)cc1. The maximum absolute atomic E-state index is 12.9. The molecule has 1 aliphatic rings. The number of aliphatic carboxylic acids is 1. The molecule has 0 aliphatic heterocycles. The van der Waals surface area contributed by atoms with Crippen LogP contribution in [0.25, 0.3) is 5.82 Å². The van der Waals surface area contributed by atoms with Crippen LogP contribution in [0.2, 0.25) is 0 Å². The molecule has 4 rings (SSSR count). The fourth-order valence-electron chi connectivity index (χ4n) is 4.55. The Morgan fingerprint density at radius 1 is 1.05 bits per heavy atom. The fourth-order valence-corrected chi connectivity index (χ4v) is 4.55. The monoisotopic (exact) mass is 515 g/mol. The summed E-state index contributed by atoms with van der Waals surface area (Å²) in [5.74, 6) is -0.671. The molecule has 0 saturated heterocycles. The largest absolute Gasteiger partial charge is 0.481 e. The molecule has 11 heteroatoms. The maximum atomic E-state index is 12.9. The van der Waals surface area contributed by atoms with Crippen LogP contribution in [0.1, 0.15) is 66.1 Å². The van der Waals surface area contributed by atoms with Crippen LogP contribution in [0.3, 0.4) is 0 Å². The van der Waals surface area contributed by atoms with Crippen LogP contribution in [0, 0.1) is 5.92 Å². The number of nitrogens with zero attached hydrogens (tertiary/aromatic N) is 3. The van der Waals surface area contributed by atoms with Crippen LogP contribution in [-0.4, -0.2) is 38.3 Å². The summed E-state index contributed by atoms with van der Waals surface area (Å²) in [5, 5.41) is 18.6. The second-order valence-corrected chi connectivity index (χ2v) is 9.12. The zero-order valence-electron chi connectivity index (χ0n) is 20.0. The molecule has 1 fully saturated rings. The Balaban J connectivity index is 1.49. The fraction of sp³-hybridized carbons (Fsp3) is 0.385. The minimum absolute atomic E-state index is 0.0430. The highest BCUT2D eigenvalue weighted by atomic mass is 19.4. The number of carboxylic acid groups (broad SMARTS) is 1. The number of hydrogen-bond acceptors (Lipinski definition) is 5. The Kier molecular flexibility index (Phi) is 8.10. The third-order valence-electron chi connectivity index (χ3n) is 6.49. The van der Waals surface area contributed by atoms with Crippen molar-refractivity contribution in [1.82, 2.24) is 20.1 Å². The van der Waals surface area contributed by atoms with Crippen LogP contribution in [0.4, 0.5) is 18.9 Å². The van der Waals surface area contributed by atoms with Crippen molar-refractivity contribution in [2.24, 2.45) is 5.92 Å². The van der Waals surface area contributed by atoms with E-state index in [1.54, 1.807) is 30.5 Å². The van der Waals surface area contributed by atoms with Crippen LogP contribution in [0.5, 0.6) is 0 Å². The molecule has 1 saturated carbocycles. The lowest BCUT2D eigenvalue weighted by Gasteiger charge is -2.32. The van der Waals surface area contributed by atoms with E-state index in [4.69, 9.17) is 5.11 Å². The number of alkyl halides is 3. The van der Waals surface area contributed by atoms with Crippen molar-refractivity contribution in [3.8, 4) is 5.82 Å². The number of hydrogen-bond donors (Lipinski definition) is 3. The molecule has 2 aromatic heterocycles. The van der Waals surface area contributed by atoms with E-state index in [1.165, 1.54) is 6.42 Å². The number of carbonyl (C=O) groups is 2. The summed E-state index contributed by atoms with van der Waals surface area (Å²) in [7, 11) is 0. The average molecular weight is 516 g/mol. The maximum Gasteiger partial charge on any atom is 0.419 e. The third-order valence-corrected chi connectivity index (χ3v) is 6.49. The Labute approximate surface area is 211 Å². The molecule has 3 aromatic rings. The highest BCUT2D eigenvalue weighted by Crippen LogP contribution is 2.37. The first-order valence-electron chi connectivity index (χ1n) is 12.2. The van der Waals surface area contributed by atoms with Gasteiger partial charge in [-0.25, -0.2) is 9.67 Å². The Morgan fingerprint density at radius 2 is 1.78 bits per heavy atom. The number of anilines is 1. The van der Waals surface area contributed by atoms with E-state index in [0.717, 1.165) is 54.0 Å². The summed E-state index contributed by atoms with van der Waals surface area (Å²) in [6, 6.07) is 10.6. The molecule has 1 aromatic carbocycles. The Bertz CT molecular complexity index is 1200. The lowest BCUT2D eigenvalue weighted by Crippen LogP contribution is -2.26. The van der Waals surface area contributed by atoms with Crippen molar-refractivity contribution < 1.29 is 27.9 Å². The first-order valence-corrected chi connectivity index (χ1v) is 12.2. The standard InChI is InChI=1S/C26H28F3N5O3/c27-26(28,29)20-14-32-34(16-20)22-11-10-21(15-31-22)33-24(17-4-2-1-3-5-17)18-6-8-19(9-7-18)25(37)30-13-12-23(35)36/h6-11,14-17,24,33H,1-5,12-13H2,(H,30,37)(H,35,36)/t24-/m0/s1. The number of amides is 1. The molecule has 2 heterocycles. The quantitative estimate of drug-likeness (QED) is 0.360. The first-order chi connectivity index (χ1) is 17.7. The summed E-state index contributed by atoms with van der Waals surface area (Å²) in [5.41, 5.74) is 1.32. The van der Waals surface area contributed by atoms with Crippen molar-refractivity contribution in [2.45, 2.75) is 50.7 Å². The highest BCUT2D eigenvalue weighted by molar-refractivity contribution is 5.94. The van der Waals surface area contributed by atoms with Crippen molar-refractivity contribution >= 4 is 17.6 Å². The van der Waals surface area contributed by atoms with E-state index >= 15 is 0 Å². The summed E-state index contributed by atoms with van der Waals surface area (Å²) < 4.78 is 39.8. The smallest absolute Gasteiger partial charge is 0.419 e. The van der Waals surface area contributed by atoms with Gasteiger partial charge in [-0.1, -0.05) is 31.4 Å². The minimum atomic E-state index is -4.47. The van der Waals surface area contributed by atoms with E-state index in [0.29, 0.717) is 11.5 Å². The number of nitrogens with one attached hydrogen (secondary N) is 2. The highest BCUT2D eigenvalue weighted by Gasteiger charge is 2.32. The van der Waals surface area contributed by atoms with Gasteiger partial charge in [0.2, 0.25) is 0 Å². The average Bonchev–Trinajstić information content (AvgIpc) is 3.39. The minimum Gasteiger partial charge on any atom is -0.481 e. The summed E-state index contributed by atoms with van der Waals surface area (Å²) in [6.45, 7) is 0.0568. The van der Waals surface area contributed by atoms with Crippen LogP contribution < -0.4 is 10.6 Å². The molecule has 0 bridgehead atoms. The second-order valence-electron chi connectivity index (χ2n) is 9.12. The van der Waals surface area contributed by atoms with Gasteiger partial charge in [-0.05, 0) is 48.6 Å². The number of aromatic nitrogens is 3. The molecular formula is C26H28F3N5O3. The number of carboxylic acids is 1. The van der Waals surface area contributed by atoms with Crippen LogP contribution in [0.15, 0.2) is 55.0 Å². The molecule has 196 valence electrons. The van der Waals surface area contributed by atoms with Crippen molar-refractivity contribution in [3.05, 3.63) is 71.7 Å². The van der Waals surface area contributed by atoms with Gasteiger partial charge in [0.25, 0.3) is 5.91 Å². The van der Waals surface area contributed by atoms with Gasteiger partial charge in [0, 0.05) is 18.3 Å². The Morgan fingerprint density at radius 3 is 2.38 bits per heavy atom. The molecule has 0 unspecified atom stereocenters. The normalized spacial score (nSPS) is 15.2. The van der Waals surface area contributed by atoms with Crippen molar-refractivity contribution in [1.29, 1.82) is 0 Å². The van der Waals surface area contributed by atoms with Crippen LogP contribution >= 0.6 is 0 Å². The zero-order valence-corrected chi connectivity index (χ0v) is 20.0. The van der Waals surface area contributed by atoms with E-state index < -0.39 is 17.7 Å². The van der Waals surface area contributed by atoms with E-state index in [1.807, 2.05) is 12.1 Å². The van der Waals surface area contributed by atoms with E-state index in [-0.39, 0.29) is 30.7 Å². The number of carbonyl (C=O) groups excluding carboxylic acids is 1. The van der Waals surface area contributed by atoms with Gasteiger partial charge >= 0.3 is 12.1 Å². The summed E-state index contributed by atoms with van der Waals surface area (Å²) in [4.78, 5) is 27.3. The van der Waals surface area contributed by atoms with Gasteiger partial charge < -0.3 is 15.7 Å². The summed E-state index contributed by atoms with van der Waals surface area (Å²) >= 11 is 0. The number of benzene rings is 1. The predicted octanol–water partition coefficient (Wildman–Crippen LogP) is 5.22. The van der Waals surface area contributed by atoms with Gasteiger partial charge in [-0.2, -0.15) is 18.3 Å². The predicted molar refractivity (Wildman–Crippen MR) is 130 cm³/mol. The van der Waals surface area contributed by atoms with Gasteiger partial charge in [-0.3, -0.25) is 9.59 Å². The molecule has 1 aliphatic carbocycles. The number of pyridine rings is 1. The van der Waals surface area contributed by atoms with E-state index in [2.05, 4.69) is 20.7 Å². The molecule has 0 radical (unpaired) electrons. The molecule has 1 atom stereocenters. The van der Waals surface area contributed by atoms with Gasteiger partial charge in [0.05, 0.1) is 36.1 Å². The van der Waals surface area contributed by atoms with Crippen molar-refractivity contribution in [3.63, 3.8) is 0 Å². The van der Waals surface area contributed by atoms with Crippen LogP contribution in [-0.2, 0) is 11.0 Å². The van der Waals surface area contributed by atoms with Gasteiger partial charge in [-0.15, -0.1) is 0 Å². The summed E-state index contributed by atoms with van der Waals surface area (Å²) in [6.07, 6.45) is 4.18. The topological polar surface area (TPSA) is 109 Å². The van der Waals surface area contributed by atoms with Crippen molar-refractivity contribution in [2.75, 3.05) is 11.9 Å². The second kappa shape index (κ2) is 11.4. The van der Waals surface area contributed by atoms with Gasteiger partial charge in [0.1, 0.15) is 0 Å². The molecule has 8 nitrogen and oxygen atoms in total. The molecule has 1 amide bonds. The van der Waals surface area contributed by atoms with E-state index in [9.17, 15) is 22.8 Å². The lowest BCUT2D eigenvalue weighted by molar-refractivity contribution is -0.138. The first kappa shape index (κ1) is 26.2. The third kappa shape index (κ3) is 6.87. The lowest BCUT2D eigenvalue weighted by atomic mass is 9.81. The van der Waals surface area contributed by atoms with Gasteiger partial charge in [0.15, 0.2) is 5.82 Å². The number of halogens is 3. The Hall–Kier alpha value is -3.89. The molecule has 3 N–H and O–H groups in total. The number of rotatable bonds is 9. The molecule has 37 heavy (non-hydrogen) atoms.